The van der Waals surface area contributed by atoms with Crippen LogP contribution < -0.4 is 10.6 Å². The lowest BCUT2D eigenvalue weighted by molar-refractivity contribution is 0.252. The Morgan fingerprint density at radius 2 is 2.26 bits per heavy atom. The van der Waals surface area contributed by atoms with Gasteiger partial charge >= 0.3 is 6.03 Å². The van der Waals surface area contributed by atoms with Gasteiger partial charge in [0.15, 0.2) is 0 Å². The Morgan fingerprint density at radius 3 is 2.95 bits per heavy atom. The second-order valence-electron chi connectivity index (χ2n) is 3.92. The molecule has 0 aliphatic rings. The minimum atomic E-state index is -0.441. The molecule has 0 spiro atoms. The fourth-order valence-corrected chi connectivity index (χ4v) is 1.57. The van der Waals surface area contributed by atoms with Crippen LogP contribution in [0.5, 0.6) is 0 Å². The van der Waals surface area contributed by atoms with Gasteiger partial charge in [-0.1, -0.05) is 0 Å². The molecule has 0 aliphatic carbocycles. The molecule has 0 bridgehead atoms. The van der Waals surface area contributed by atoms with Crippen molar-refractivity contribution in [2.45, 2.75) is 13.8 Å². The van der Waals surface area contributed by atoms with Crippen LogP contribution in [0.3, 0.4) is 0 Å². The van der Waals surface area contributed by atoms with E-state index in [1.165, 1.54) is 16.9 Å². The average Bonchev–Trinajstić information content (AvgIpc) is 2.71. The lowest BCUT2D eigenvalue weighted by Gasteiger charge is -2.03. The lowest BCUT2D eigenvalue weighted by Crippen LogP contribution is -2.28. The normalized spacial score (nSPS) is 10.3. The van der Waals surface area contributed by atoms with Gasteiger partial charge < -0.3 is 10.6 Å². The molecule has 0 saturated carbocycles. The predicted octanol–water partition coefficient (Wildman–Crippen LogP) is 1.86. The summed E-state index contributed by atoms with van der Waals surface area (Å²) in [5.74, 6) is -0.441. The fourth-order valence-electron chi connectivity index (χ4n) is 1.57. The van der Waals surface area contributed by atoms with Gasteiger partial charge in [0.2, 0.25) is 0 Å². The number of urea groups is 1. The number of aromatic nitrogens is 3. The van der Waals surface area contributed by atoms with E-state index in [1.54, 1.807) is 13.1 Å². The molecule has 0 atom stereocenters. The number of amides is 2. The number of aryl methyl sites for hydroxylation is 1. The molecular weight excluding hydrogens is 249 g/mol. The summed E-state index contributed by atoms with van der Waals surface area (Å²) in [5, 5.41) is 9.49. The number of hydrogen-bond acceptors (Lipinski definition) is 3. The number of anilines is 1. The van der Waals surface area contributed by atoms with E-state index in [2.05, 4.69) is 20.7 Å². The summed E-state index contributed by atoms with van der Waals surface area (Å²) >= 11 is 0. The molecular formula is C12H14FN5O. The molecule has 100 valence electrons. The van der Waals surface area contributed by atoms with Gasteiger partial charge in [0, 0.05) is 12.6 Å². The minimum absolute atomic E-state index is 0.303. The van der Waals surface area contributed by atoms with Crippen molar-refractivity contribution < 1.29 is 9.18 Å². The van der Waals surface area contributed by atoms with Crippen molar-refractivity contribution >= 4 is 11.7 Å². The van der Waals surface area contributed by atoms with Crippen LogP contribution in [0.4, 0.5) is 14.9 Å². The Labute approximate surface area is 109 Å². The van der Waals surface area contributed by atoms with E-state index in [9.17, 15) is 9.18 Å². The molecule has 0 aliphatic heterocycles. The summed E-state index contributed by atoms with van der Waals surface area (Å²) in [6.45, 7) is 4.12. The second kappa shape index (κ2) is 5.47. The smallest absolute Gasteiger partial charge is 0.319 e. The molecule has 2 N–H and O–H groups in total. The SMILES string of the molecule is CCNC(=O)Nc1cn(-c2cncc(F)c2)nc1C. The molecule has 2 aromatic heterocycles. The zero-order valence-electron chi connectivity index (χ0n) is 10.6. The van der Waals surface area contributed by atoms with Crippen LogP contribution >= 0.6 is 0 Å². The van der Waals surface area contributed by atoms with Crippen LogP contribution in [0, 0.1) is 12.7 Å². The standard InChI is InChI=1S/C12H14FN5O/c1-3-15-12(19)16-11-7-18(17-8(11)2)10-4-9(13)5-14-6-10/h4-7H,3H2,1-2H3,(H2,15,16,19). The molecule has 0 aromatic carbocycles. The molecule has 2 heterocycles. The Morgan fingerprint density at radius 1 is 1.47 bits per heavy atom. The highest BCUT2D eigenvalue weighted by Crippen LogP contribution is 2.16. The second-order valence-corrected chi connectivity index (χ2v) is 3.92. The molecule has 6 nitrogen and oxygen atoms in total. The van der Waals surface area contributed by atoms with Crippen LogP contribution in [0.25, 0.3) is 5.69 Å². The maximum atomic E-state index is 13.1. The highest BCUT2D eigenvalue weighted by Gasteiger charge is 2.09. The molecule has 0 fully saturated rings. The topological polar surface area (TPSA) is 71.8 Å². The van der Waals surface area contributed by atoms with Crippen LogP contribution in [0.1, 0.15) is 12.6 Å². The average molecular weight is 263 g/mol. The lowest BCUT2D eigenvalue weighted by atomic mass is 10.4. The highest BCUT2D eigenvalue weighted by atomic mass is 19.1. The van der Waals surface area contributed by atoms with Crippen molar-refractivity contribution in [3.8, 4) is 5.69 Å². The van der Waals surface area contributed by atoms with Gasteiger partial charge in [0.05, 0.1) is 35.7 Å². The monoisotopic (exact) mass is 263 g/mol. The predicted molar refractivity (Wildman–Crippen MR) is 68.7 cm³/mol. The van der Waals surface area contributed by atoms with Gasteiger partial charge in [-0.3, -0.25) is 4.98 Å². The van der Waals surface area contributed by atoms with E-state index in [0.29, 0.717) is 23.6 Å². The fraction of sp³-hybridized carbons (Fsp3) is 0.250. The zero-order chi connectivity index (χ0) is 13.8. The maximum absolute atomic E-state index is 13.1. The van der Waals surface area contributed by atoms with Crippen molar-refractivity contribution in [2.24, 2.45) is 0 Å². The summed E-state index contributed by atoms with van der Waals surface area (Å²) in [4.78, 5) is 15.2. The van der Waals surface area contributed by atoms with E-state index in [1.807, 2.05) is 6.92 Å². The van der Waals surface area contributed by atoms with Crippen LogP contribution in [-0.4, -0.2) is 27.3 Å². The number of rotatable bonds is 3. The number of halogens is 1. The third kappa shape index (κ3) is 3.06. The van der Waals surface area contributed by atoms with Crippen LogP contribution in [0.2, 0.25) is 0 Å². The quantitative estimate of drug-likeness (QED) is 0.887. The van der Waals surface area contributed by atoms with Crippen molar-refractivity contribution in [1.29, 1.82) is 0 Å². The molecule has 19 heavy (non-hydrogen) atoms. The van der Waals surface area contributed by atoms with E-state index in [-0.39, 0.29) is 6.03 Å². The molecule has 0 radical (unpaired) electrons. The summed E-state index contributed by atoms with van der Waals surface area (Å²) in [5.41, 5.74) is 1.69. The molecule has 0 unspecified atom stereocenters. The summed E-state index contributed by atoms with van der Waals surface area (Å²) in [6.07, 6.45) is 4.22. The first-order chi connectivity index (χ1) is 9.10. The Hall–Kier alpha value is -2.44. The van der Waals surface area contributed by atoms with E-state index < -0.39 is 5.82 Å². The molecule has 7 heteroatoms. The molecule has 2 aromatic rings. The first kappa shape index (κ1) is 13.0. The largest absolute Gasteiger partial charge is 0.338 e. The van der Waals surface area contributed by atoms with Crippen molar-refractivity contribution in [3.05, 3.63) is 36.2 Å². The number of pyridine rings is 1. The summed E-state index contributed by atoms with van der Waals surface area (Å²) in [6, 6.07) is 1.01. The molecule has 0 saturated heterocycles. The number of nitrogens with zero attached hydrogens (tertiary/aromatic N) is 3. The number of hydrogen-bond donors (Lipinski definition) is 2. The van der Waals surface area contributed by atoms with E-state index in [4.69, 9.17) is 0 Å². The third-order valence-corrected chi connectivity index (χ3v) is 2.44. The number of nitrogens with one attached hydrogen (secondary N) is 2. The number of carbonyl (C=O) groups excluding carboxylic acids is 1. The van der Waals surface area contributed by atoms with Crippen molar-refractivity contribution in [1.82, 2.24) is 20.1 Å². The minimum Gasteiger partial charge on any atom is -0.338 e. The van der Waals surface area contributed by atoms with Gasteiger partial charge in [-0.25, -0.2) is 13.9 Å². The highest BCUT2D eigenvalue weighted by molar-refractivity contribution is 5.89. The van der Waals surface area contributed by atoms with Gasteiger partial charge in [-0.15, -0.1) is 0 Å². The van der Waals surface area contributed by atoms with Crippen LogP contribution in [0.15, 0.2) is 24.7 Å². The first-order valence-electron chi connectivity index (χ1n) is 5.82. The van der Waals surface area contributed by atoms with Gasteiger partial charge in [-0.05, 0) is 13.8 Å². The first-order valence-corrected chi connectivity index (χ1v) is 5.82. The van der Waals surface area contributed by atoms with Crippen LogP contribution in [-0.2, 0) is 0 Å². The van der Waals surface area contributed by atoms with Gasteiger partial charge in [-0.2, -0.15) is 5.10 Å². The Bertz CT molecular complexity index is 596. The Kier molecular flexibility index (Phi) is 3.74. The third-order valence-electron chi connectivity index (χ3n) is 2.44. The van der Waals surface area contributed by atoms with E-state index in [0.717, 1.165) is 6.20 Å². The van der Waals surface area contributed by atoms with E-state index >= 15 is 0 Å². The molecule has 2 amide bonds. The maximum Gasteiger partial charge on any atom is 0.319 e. The Balaban J connectivity index is 2.23. The van der Waals surface area contributed by atoms with Gasteiger partial charge in [0.1, 0.15) is 5.82 Å². The number of carbonyl (C=O) groups is 1. The summed E-state index contributed by atoms with van der Waals surface area (Å²) < 4.78 is 14.6. The van der Waals surface area contributed by atoms with Crippen molar-refractivity contribution in [2.75, 3.05) is 11.9 Å². The van der Waals surface area contributed by atoms with Gasteiger partial charge in [0.25, 0.3) is 0 Å². The van der Waals surface area contributed by atoms with Crippen molar-refractivity contribution in [3.63, 3.8) is 0 Å². The summed E-state index contributed by atoms with van der Waals surface area (Å²) in [7, 11) is 0. The molecule has 2 rings (SSSR count). The zero-order valence-corrected chi connectivity index (χ0v) is 10.6.